The molecule has 3 aromatic rings. The zero-order valence-electron chi connectivity index (χ0n) is 14.1. The Bertz CT molecular complexity index is 889. The van der Waals surface area contributed by atoms with Gasteiger partial charge >= 0.3 is 0 Å². The molecule has 0 fully saturated rings. The summed E-state index contributed by atoms with van der Waals surface area (Å²) in [4.78, 5) is 30.1. The van der Waals surface area contributed by atoms with Crippen LogP contribution in [0.2, 0.25) is 0 Å². The van der Waals surface area contributed by atoms with Gasteiger partial charge in [-0.3, -0.25) is 14.9 Å². The highest BCUT2D eigenvalue weighted by atomic mass is 16.6. The molecule has 0 atom stereocenters. The van der Waals surface area contributed by atoms with E-state index in [2.05, 4.69) is 20.6 Å². The Balaban J connectivity index is 1.41. The minimum atomic E-state index is -0.449. The van der Waals surface area contributed by atoms with Crippen LogP contribution in [-0.4, -0.2) is 33.9 Å². The fourth-order valence-corrected chi connectivity index (χ4v) is 2.63. The number of anilines is 1. The molecule has 0 radical (unpaired) electrons. The Morgan fingerprint density at radius 1 is 1.12 bits per heavy atom. The highest BCUT2D eigenvalue weighted by Gasteiger charge is 2.12. The van der Waals surface area contributed by atoms with E-state index in [1.807, 2.05) is 24.3 Å². The molecular weight excluding hydrogens is 334 g/mol. The summed E-state index contributed by atoms with van der Waals surface area (Å²) in [7, 11) is 0. The number of imidazole rings is 1. The van der Waals surface area contributed by atoms with E-state index in [0.717, 1.165) is 16.9 Å². The fourth-order valence-electron chi connectivity index (χ4n) is 2.63. The Morgan fingerprint density at radius 3 is 2.69 bits per heavy atom. The van der Waals surface area contributed by atoms with Crippen molar-refractivity contribution in [3.05, 3.63) is 64.5 Å². The first-order valence-corrected chi connectivity index (χ1v) is 8.31. The maximum Gasteiger partial charge on any atom is 0.292 e. The Kier molecular flexibility index (Phi) is 5.43. The number of rotatable bonds is 8. The molecule has 3 N–H and O–H groups in total. The van der Waals surface area contributed by atoms with Gasteiger partial charge in [0.15, 0.2) is 0 Å². The van der Waals surface area contributed by atoms with Gasteiger partial charge in [0.05, 0.1) is 16.0 Å². The van der Waals surface area contributed by atoms with Gasteiger partial charge in [0.1, 0.15) is 11.5 Å². The molecule has 1 amide bonds. The van der Waals surface area contributed by atoms with E-state index in [0.29, 0.717) is 25.2 Å². The lowest BCUT2D eigenvalue weighted by Crippen LogP contribution is -2.27. The molecule has 8 heteroatoms. The number of fused-ring (bicyclic) bond motifs is 1. The van der Waals surface area contributed by atoms with E-state index in [4.69, 9.17) is 0 Å². The summed E-state index contributed by atoms with van der Waals surface area (Å²) in [6.45, 7) is 0.797. The molecule has 8 nitrogen and oxygen atoms in total. The second-order valence-corrected chi connectivity index (χ2v) is 5.75. The number of carbonyl (C=O) groups is 1. The summed E-state index contributed by atoms with van der Waals surface area (Å²) in [6.07, 6.45) is 0.837. The molecule has 0 aliphatic heterocycles. The summed E-state index contributed by atoms with van der Waals surface area (Å²) in [5, 5.41) is 16.7. The molecule has 0 unspecified atom stereocenters. The van der Waals surface area contributed by atoms with Crippen LogP contribution in [0.3, 0.4) is 0 Å². The predicted molar refractivity (Wildman–Crippen MR) is 99.0 cm³/mol. The Labute approximate surface area is 149 Å². The van der Waals surface area contributed by atoms with Gasteiger partial charge < -0.3 is 15.6 Å². The maximum atomic E-state index is 11.9. The molecule has 3 rings (SSSR count). The monoisotopic (exact) mass is 353 g/mol. The van der Waals surface area contributed by atoms with E-state index in [1.165, 1.54) is 6.07 Å². The van der Waals surface area contributed by atoms with Crippen molar-refractivity contribution in [3.8, 4) is 0 Å². The first-order chi connectivity index (χ1) is 12.6. The quantitative estimate of drug-likeness (QED) is 0.426. The fraction of sp³-hybridized carbons (Fsp3) is 0.222. The molecule has 0 saturated carbocycles. The molecule has 1 heterocycles. The van der Waals surface area contributed by atoms with E-state index in [1.54, 1.807) is 18.2 Å². The van der Waals surface area contributed by atoms with Crippen molar-refractivity contribution in [1.29, 1.82) is 0 Å². The summed E-state index contributed by atoms with van der Waals surface area (Å²) in [5.74, 6) is 0.705. The second kappa shape index (κ2) is 8.11. The van der Waals surface area contributed by atoms with Gasteiger partial charge in [-0.2, -0.15) is 0 Å². The van der Waals surface area contributed by atoms with Crippen molar-refractivity contribution in [2.75, 3.05) is 18.4 Å². The SMILES string of the molecule is O=C(CCNc1ccccc1[N+](=O)[O-])NCCc1nc2ccccc2[nH]1. The van der Waals surface area contributed by atoms with Crippen molar-refractivity contribution >= 4 is 28.3 Å². The van der Waals surface area contributed by atoms with Crippen molar-refractivity contribution < 1.29 is 9.72 Å². The third-order valence-corrected chi connectivity index (χ3v) is 3.89. The van der Waals surface area contributed by atoms with Crippen LogP contribution in [0.5, 0.6) is 0 Å². The third kappa shape index (κ3) is 4.35. The van der Waals surface area contributed by atoms with Crippen LogP contribution in [0, 0.1) is 10.1 Å². The van der Waals surface area contributed by atoms with Gasteiger partial charge in [0.2, 0.25) is 5.91 Å². The molecule has 1 aromatic heterocycles. The van der Waals surface area contributed by atoms with Gasteiger partial charge in [0, 0.05) is 32.0 Å². The number of amides is 1. The standard InChI is InChI=1S/C18H19N5O3/c24-18(10-12-19-15-7-3-4-8-16(15)23(25)26)20-11-9-17-21-13-5-1-2-6-14(13)22-17/h1-8,19H,9-12H2,(H,20,24)(H,21,22). The minimum absolute atomic E-state index is 0.00204. The molecule has 134 valence electrons. The molecule has 2 aromatic carbocycles. The van der Waals surface area contributed by atoms with Crippen molar-refractivity contribution in [2.45, 2.75) is 12.8 Å². The average Bonchev–Trinajstić information content (AvgIpc) is 3.04. The Hall–Kier alpha value is -3.42. The van der Waals surface area contributed by atoms with Crippen LogP contribution in [0.25, 0.3) is 11.0 Å². The number of nitrogens with zero attached hydrogens (tertiary/aromatic N) is 2. The largest absolute Gasteiger partial charge is 0.379 e. The lowest BCUT2D eigenvalue weighted by atomic mass is 10.2. The first kappa shape index (κ1) is 17.4. The number of aromatic amines is 1. The summed E-state index contributed by atoms with van der Waals surface area (Å²) >= 11 is 0. The van der Waals surface area contributed by atoms with Crippen LogP contribution in [0.4, 0.5) is 11.4 Å². The van der Waals surface area contributed by atoms with Gasteiger partial charge in [-0.05, 0) is 18.2 Å². The molecular formula is C18H19N5O3. The van der Waals surface area contributed by atoms with Crippen LogP contribution in [0.1, 0.15) is 12.2 Å². The zero-order chi connectivity index (χ0) is 18.4. The highest BCUT2D eigenvalue weighted by molar-refractivity contribution is 5.77. The van der Waals surface area contributed by atoms with E-state index < -0.39 is 4.92 Å². The van der Waals surface area contributed by atoms with Crippen LogP contribution < -0.4 is 10.6 Å². The van der Waals surface area contributed by atoms with Crippen molar-refractivity contribution in [1.82, 2.24) is 15.3 Å². The van der Waals surface area contributed by atoms with Gasteiger partial charge in [0.25, 0.3) is 5.69 Å². The molecule has 0 saturated heterocycles. The summed E-state index contributed by atoms with van der Waals surface area (Å²) in [5.41, 5.74) is 2.29. The number of hydrogen-bond donors (Lipinski definition) is 3. The number of aromatic nitrogens is 2. The van der Waals surface area contributed by atoms with Crippen molar-refractivity contribution in [3.63, 3.8) is 0 Å². The normalized spacial score (nSPS) is 10.6. The molecule has 0 aliphatic carbocycles. The van der Waals surface area contributed by atoms with E-state index in [-0.39, 0.29) is 18.0 Å². The molecule has 0 aliphatic rings. The first-order valence-electron chi connectivity index (χ1n) is 8.31. The predicted octanol–water partition coefficient (Wildman–Crippen LogP) is 2.63. The highest BCUT2D eigenvalue weighted by Crippen LogP contribution is 2.22. The smallest absolute Gasteiger partial charge is 0.292 e. The van der Waals surface area contributed by atoms with E-state index in [9.17, 15) is 14.9 Å². The van der Waals surface area contributed by atoms with Gasteiger partial charge in [-0.15, -0.1) is 0 Å². The van der Waals surface area contributed by atoms with Crippen LogP contribution >= 0.6 is 0 Å². The lowest BCUT2D eigenvalue weighted by Gasteiger charge is -2.07. The van der Waals surface area contributed by atoms with Crippen molar-refractivity contribution in [2.24, 2.45) is 0 Å². The number of nitro benzene ring substituents is 1. The molecule has 0 spiro atoms. The number of hydrogen-bond acceptors (Lipinski definition) is 5. The Morgan fingerprint density at radius 2 is 1.88 bits per heavy atom. The molecule has 0 bridgehead atoms. The third-order valence-electron chi connectivity index (χ3n) is 3.89. The molecule has 26 heavy (non-hydrogen) atoms. The maximum absolute atomic E-state index is 11.9. The minimum Gasteiger partial charge on any atom is -0.379 e. The number of para-hydroxylation sites is 4. The topological polar surface area (TPSA) is 113 Å². The number of H-pyrrole nitrogens is 1. The average molecular weight is 353 g/mol. The van der Waals surface area contributed by atoms with E-state index >= 15 is 0 Å². The van der Waals surface area contributed by atoms with Crippen LogP contribution in [-0.2, 0) is 11.2 Å². The van der Waals surface area contributed by atoms with Crippen LogP contribution in [0.15, 0.2) is 48.5 Å². The van der Waals surface area contributed by atoms with Gasteiger partial charge in [-0.25, -0.2) is 4.98 Å². The number of nitrogens with one attached hydrogen (secondary N) is 3. The summed E-state index contributed by atoms with van der Waals surface area (Å²) in [6, 6.07) is 14.1. The number of carbonyl (C=O) groups excluding carboxylic acids is 1. The second-order valence-electron chi connectivity index (χ2n) is 5.75. The number of nitro groups is 1. The number of benzene rings is 2. The zero-order valence-corrected chi connectivity index (χ0v) is 14.1. The van der Waals surface area contributed by atoms with Gasteiger partial charge in [-0.1, -0.05) is 24.3 Å². The lowest BCUT2D eigenvalue weighted by molar-refractivity contribution is -0.384. The summed E-state index contributed by atoms with van der Waals surface area (Å²) < 4.78 is 0.